The summed E-state index contributed by atoms with van der Waals surface area (Å²) in [6.07, 6.45) is 1.92. The van der Waals surface area contributed by atoms with E-state index in [-0.39, 0.29) is 6.10 Å². The smallest absolute Gasteiger partial charge is 0.0801 e. The van der Waals surface area contributed by atoms with Crippen molar-refractivity contribution in [3.63, 3.8) is 0 Å². The summed E-state index contributed by atoms with van der Waals surface area (Å²) < 4.78 is 5.46. The van der Waals surface area contributed by atoms with Gasteiger partial charge in [-0.1, -0.05) is 36.4 Å². The Labute approximate surface area is 73.7 Å². The summed E-state index contributed by atoms with van der Waals surface area (Å²) in [6.45, 7) is 6.25. The van der Waals surface area contributed by atoms with E-state index in [0.717, 1.165) is 0 Å². The van der Waals surface area contributed by atoms with Gasteiger partial charge in [-0.2, -0.15) is 0 Å². The van der Waals surface area contributed by atoms with Crippen LogP contribution in [0.5, 0.6) is 0 Å². The lowest BCUT2D eigenvalue weighted by Crippen LogP contribution is -1.99. The van der Waals surface area contributed by atoms with Crippen molar-refractivity contribution >= 4 is 0 Å². The molecule has 0 unspecified atom stereocenters. The van der Waals surface area contributed by atoms with E-state index in [1.807, 2.05) is 25.1 Å². The normalized spacial score (nSPS) is 12.4. The van der Waals surface area contributed by atoms with Crippen LogP contribution in [0.3, 0.4) is 0 Å². The van der Waals surface area contributed by atoms with Gasteiger partial charge in [0.2, 0.25) is 0 Å². The average Bonchev–Trinajstić information content (AvgIpc) is 2.15. The zero-order valence-corrected chi connectivity index (χ0v) is 7.36. The number of hydrogen-bond donors (Lipinski definition) is 0. The summed E-state index contributed by atoms with van der Waals surface area (Å²) in [6, 6.07) is 10.2. The monoisotopic (exact) mass is 162 g/mol. The molecule has 64 valence electrons. The second-order valence-corrected chi connectivity index (χ2v) is 2.67. The highest BCUT2D eigenvalue weighted by molar-refractivity contribution is 5.16. The van der Waals surface area contributed by atoms with E-state index in [1.165, 1.54) is 5.56 Å². The summed E-state index contributed by atoms with van der Waals surface area (Å²) in [4.78, 5) is 0. The summed E-state index contributed by atoms with van der Waals surface area (Å²) in [5, 5.41) is 0. The van der Waals surface area contributed by atoms with E-state index >= 15 is 0 Å². The zero-order chi connectivity index (χ0) is 8.81. The first-order valence-electron chi connectivity index (χ1n) is 4.12. The van der Waals surface area contributed by atoms with Gasteiger partial charge in [-0.25, -0.2) is 0 Å². The third-order valence-electron chi connectivity index (χ3n) is 1.73. The van der Waals surface area contributed by atoms with E-state index < -0.39 is 0 Å². The van der Waals surface area contributed by atoms with Gasteiger partial charge in [-0.05, 0) is 12.5 Å². The van der Waals surface area contributed by atoms with Crippen LogP contribution in [0.25, 0.3) is 0 Å². The van der Waals surface area contributed by atoms with Crippen LogP contribution >= 0.6 is 0 Å². The Kier molecular flexibility index (Phi) is 3.55. The molecule has 0 N–H and O–H groups in total. The minimum atomic E-state index is 0.157. The molecule has 0 radical (unpaired) electrons. The molecule has 0 saturated heterocycles. The first-order valence-corrected chi connectivity index (χ1v) is 4.12. The van der Waals surface area contributed by atoms with Crippen LogP contribution in [-0.4, -0.2) is 6.61 Å². The minimum absolute atomic E-state index is 0.157. The van der Waals surface area contributed by atoms with E-state index in [2.05, 4.69) is 18.7 Å². The Morgan fingerprint density at radius 1 is 1.42 bits per heavy atom. The topological polar surface area (TPSA) is 9.23 Å². The third-order valence-corrected chi connectivity index (χ3v) is 1.73. The van der Waals surface area contributed by atoms with Crippen molar-refractivity contribution < 1.29 is 4.74 Å². The second kappa shape index (κ2) is 4.73. The number of rotatable bonds is 4. The van der Waals surface area contributed by atoms with Crippen molar-refractivity contribution in [2.24, 2.45) is 0 Å². The predicted octanol–water partition coefficient (Wildman–Crippen LogP) is 2.95. The number of hydrogen-bond acceptors (Lipinski definition) is 1. The Bertz CT molecular complexity index is 228. The fraction of sp³-hybridized carbons (Fsp3) is 0.273. The molecule has 12 heavy (non-hydrogen) atoms. The molecule has 0 spiro atoms. The third kappa shape index (κ3) is 2.51. The molecular formula is C11H14O. The van der Waals surface area contributed by atoms with Gasteiger partial charge in [0.15, 0.2) is 0 Å². The van der Waals surface area contributed by atoms with Gasteiger partial charge in [0.05, 0.1) is 12.7 Å². The summed E-state index contributed by atoms with van der Waals surface area (Å²) in [5.41, 5.74) is 1.21. The van der Waals surface area contributed by atoms with Gasteiger partial charge in [-0.15, -0.1) is 6.58 Å². The van der Waals surface area contributed by atoms with Crippen molar-refractivity contribution in [1.82, 2.24) is 0 Å². The molecule has 0 aliphatic rings. The number of ether oxygens (including phenoxy) is 1. The molecule has 1 heteroatoms. The van der Waals surface area contributed by atoms with Gasteiger partial charge >= 0.3 is 0 Å². The highest BCUT2D eigenvalue weighted by atomic mass is 16.5. The van der Waals surface area contributed by atoms with Gasteiger partial charge < -0.3 is 4.74 Å². The molecule has 0 aliphatic heterocycles. The molecule has 0 fully saturated rings. The van der Waals surface area contributed by atoms with E-state index in [1.54, 1.807) is 6.08 Å². The lowest BCUT2D eigenvalue weighted by molar-refractivity contribution is 0.0888. The SMILES string of the molecule is C=CCO[C@H](C)c1ccccc1. The fourth-order valence-electron chi connectivity index (χ4n) is 1.03. The van der Waals surface area contributed by atoms with Gasteiger partial charge in [0.1, 0.15) is 0 Å². The summed E-state index contributed by atoms with van der Waals surface area (Å²) >= 11 is 0. The van der Waals surface area contributed by atoms with Crippen molar-refractivity contribution in [2.45, 2.75) is 13.0 Å². The van der Waals surface area contributed by atoms with Gasteiger partial charge in [-0.3, -0.25) is 0 Å². The predicted molar refractivity (Wildman–Crippen MR) is 51.0 cm³/mol. The second-order valence-electron chi connectivity index (χ2n) is 2.67. The largest absolute Gasteiger partial charge is 0.370 e. The van der Waals surface area contributed by atoms with Crippen LogP contribution < -0.4 is 0 Å². The summed E-state index contributed by atoms with van der Waals surface area (Å²) in [7, 11) is 0. The Morgan fingerprint density at radius 3 is 2.67 bits per heavy atom. The lowest BCUT2D eigenvalue weighted by atomic mass is 10.1. The zero-order valence-electron chi connectivity index (χ0n) is 7.36. The van der Waals surface area contributed by atoms with Crippen LogP contribution in [0.4, 0.5) is 0 Å². The molecule has 0 aliphatic carbocycles. The van der Waals surface area contributed by atoms with Crippen LogP contribution in [0.2, 0.25) is 0 Å². The maximum Gasteiger partial charge on any atom is 0.0801 e. The van der Waals surface area contributed by atoms with E-state index in [0.29, 0.717) is 6.61 Å². The molecule has 1 rings (SSSR count). The lowest BCUT2D eigenvalue weighted by Gasteiger charge is -2.11. The maximum absolute atomic E-state index is 5.46. The standard InChI is InChI=1S/C11H14O/c1-3-9-12-10(2)11-7-5-4-6-8-11/h3-8,10H,1,9H2,2H3/t10-/m1/s1. The molecule has 0 amide bonds. The van der Waals surface area contributed by atoms with Crippen LogP contribution in [-0.2, 0) is 4.74 Å². The molecule has 0 bridgehead atoms. The van der Waals surface area contributed by atoms with E-state index in [9.17, 15) is 0 Å². The quantitative estimate of drug-likeness (QED) is 0.618. The Balaban J connectivity index is 2.53. The maximum atomic E-state index is 5.46. The van der Waals surface area contributed by atoms with Crippen molar-refractivity contribution in [2.75, 3.05) is 6.61 Å². The van der Waals surface area contributed by atoms with Gasteiger partial charge in [0.25, 0.3) is 0 Å². The van der Waals surface area contributed by atoms with Crippen molar-refractivity contribution in [3.8, 4) is 0 Å². The first kappa shape index (κ1) is 9.01. The highest BCUT2D eigenvalue weighted by Gasteiger charge is 2.01. The molecule has 0 aromatic heterocycles. The molecule has 1 nitrogen and oxygen atoms in total. The number of benzene rings is 1. The molecule has 1 atom stereocenters. The summed E-state index contributed by atoms with van der Waals surface area (Å²) in [5.74, 6) is 0. The fourth-order valence-corrected chi connectivity index (χ4v) is 1.03. The average molecular weight is 162 g/mol. The first-order chi connectivity index (χ1) is 5.84. The molecule has 1 aromatic carbocycles. The Hall–Kier alpha value is -1.08. The molecule has 1 aromatic rings. The molecular weight excluding hydrogens is 148 g/mol. The molecule has 0 heterocycles. The Morgan fingerprint density at radius 2 is 2.08 bits per heavy atom. The van der Waals surface area contributed by atoms with Crippen LogP contribution in [0.15, 0.2) is 43.0 Å². The van der Waals surface area contributed by atoms with Crippen molar-refractivity contribution in [3.05, 3.63) is 48.6 Å². The van der Waals surface area contributed by atoms with E-state index in [4.69, 9.17) is 4.74 Å². The van der Waals surface area contributed by atoms with Crippen LogP contribution in [0.1, 0.15) is 18.6 Å². The van der Waals surface area contributed by atoms with Crippen molar-refractivity contribution in [1.29, 1.82) is 0 Å². The highest BCUT2D eigenvalue weighted by Crippen LogP contribution is 2.15. The van der Waals surface area contributed by atoms with Gasteiger partial charge in [0, 0.05) is 0 Å². The minimum Gasteiger partial charge on any atom is -0.370 e. The van der Waals surface area contributed by atoms with Crippen LogP contribution in [0, 0.1) is 0 Å². The molecule has 0 saturated carbocycles.